The third kappa shape index (κ3) is 4.66. The highest BCUT2D eigenvalue weighted by Crippen LogP contribution is 2.21. The molecule has 3 aromatic rings. The number of oxazole rings is 1. The van der Waals surface area contributed by atoms with E-state index in [4.69, 9.17) is 32.4 Å². The van der Waals surface area contributed by atoms with Crippen LogP contribution in [-0.4, -0.2) is 4.98 Å². The topological polar surface area (TPSA) is 71.1 Å². The molecule has 0 radical (unpaired) electrons. The fourth-order valence-corrected chi connectivity index (χ4v) is 2.41. The van der Waals surface area contributed by atoms with E-state index in [1.807, 2.05) is 18.2 Å². The summed E-state index contributed by atoms with van der Waals surface area (Å²) in [6.07, 6.45) is 0. The number of rotatable bonds is 6. The lowest BCUT2D eigenvalue weighted by Crippen LogP contribution is -1.99. The second kappa shape index (κ2) is 7.93. The van der Waals surface area contributed by atoms with Crippen molar-refractivity contribution in [3.63, 3.8) is 0 Å². The van der Waals surface area contributed by atoms with Crippen molar-refractivity contribution in [2.45, 2.75) is 13.2 Å². The van der Waals surface area contributed by atoms with Crippen molar-refractivity contribution >= 4 is 29.1 Å². The molecule has 25 heavy (non-hydrogen) atoms. The van der Waals surface area contributed by atoms with E-state index in [-0.39, 0.29) is 12.3 Å². The second-order valence-corrected chi connectivity index (χ2v) is 6.00. The van der Waals surface area contributed by atoms with Gasteiger partial charge in [0.2, 0.25) is 17.5 Å². The van der Waals surface area contributed by atoms with Gasteiger partial charge in [0.1, 0.15) is 11.8 Å². The van der Waals surface area contributed by atoms with Gasteiger partial charge < -0.3 is 14.5 Å². The van der Waals surface area contributed by atoms with Crippen LogP contribution in [0.5, 0.6) is 5.75 Å². The van der Waals surface area contributed by atoms with Gasteiger partial charge in [0.15, 0.2) is 6.61 Å². The molecule has 0 aliphatic rings. The number of nitrogens with one attached hydrogen (secondary N) is 1. The van der Waals surface area contributed by atoms with Gasteiger partial charge in [0.05, 0.1) is 0 Å². The van der Waals surface area contributed by atoms with Crippen LogP contribution < -0.4 is 10.1 Å². The van der Waals surface area contributed by atoms with E-state index < -0.39 is 0 Å². The van der Waals surface area contributed by atoms with Crippen molar-refractivity contribution < 1.29 is 9.15 Å². The van der Waals surface area contributed by atoms with Crippen molar-refractivity contribution in [3.05, 3.63) is 75.7 Å². The number of hydrogen-bond acceptors (Lipinski definition) is 5. The van der Waals surface area contributed by atoms with Gasteiger partial charge in [-0.3, -0.25) is 0 Å². The normalized spacial score (nSPS) is 10.3. The third-order valence-corrected chi connectivity index (χ3v) is 3.79. The Morgan fingerprint density at radius 3 is 2.64 bits per heavy atom. The molecule has 126 valence electrons. The Labute approximate surface area is 154 Å². The largest absolute Gasteiger partial charge is 0.484 e. The van der Waals surface area contributed by atoms with Crippen molar-refractivity contribution in [1.82, 2.24) is 4.98 Å². The maximum Gasteiger partial charge on any atom is 0.236 e. The lowest BCUT2D eigenvalue weighted by Gasteiger charge is -2.04. The summed E-state index contributed by atoms with van der Waals surface area (Å²) in [5.41, 5.74) is 1.18. The Hall–Kier alpha value is -2.68. The van der Waals surface area contributed by atoms with Gasteiger partial charge in [-0.05, 0) is 35.9 Å². The van der Waals surface area contributed by atoms with Crippen LogP contribution in [0.1, 0.15) is 17.1 Å². The van der Waals surface area contributed by atoms with Gasteiger partial charge in [-0.25, -0.2) is 0 Å². The Balaban J connectivity index is 1.64. The molecule has 0 atom stereocenters. The van der Waals surface area contributed by atoms with Gasteiger partial charge in [0.25, 0.3) is 0 Å². The maximum atomic E-state index is 9.20. The molecule has 0 unspecified atom stereocenters. The van der Waals surface area contributed by atoms with Crippen LogP contribution in [0.3, 0.4) is 0 Å². The van der Waals surface area contributed by atoms with Gasteiger partial charge in [-0.1, -0.05) is 41.4 Å². The first-order valence-corrected chi connectivity index (χ1v) is 8.16. The molecule has 2 aromatic carbocycles. The molecule has 5 nitrogen and oxygen atoms in total. The predicted octanol–water partition coefficient (Wildman–Crippen LogP) is 5.04. The minimum absolute atomic E-state index is 0.0949. The zero-order chi connectivity index (χ0) is 17.6. The van der Waals surface area contributed by atoms with Gasteiger partial charge in [-0.2, -0.15) is 10.2 Å². The van der Waals surface area contributed by atoms with Gasteiger partial charge in [-0.15, -0.1) is 0 Å². The SMILES string of the molecule is N#Cc1nc(COc2cccc(Cl)c2)oc1NCc1ccc(Cl)cc1. The average molecular weight is 374 g/mol. The monoisotopic (exact) mass is 373 g/mol. The number of benzene rings is 2. The first-order valence-electron chi connectivity index (χ1n) is 7.40. The molecule has 0 aliphatic heterocycles. The highest BCUT2D eigenvalue weighted by Gasteiger charge is 2.13. The highest BCUT2D eigenvalue weighted by atomic mass is 35.5. The Morgan fingerprint density at radius 1 is 1.12 bits per heavy atom. The number of anilines is 1. The molecular formula is C18H13Cl2N3O2. The number of ether oxygens (including phenoxy) is 1. The van der Waals surface area contributed by atoms with E-state index in [0.717, 1.165) is 5.56 Å². The summed E-state index contributed by atoms with van der Waals surface area (Å²) < 4.78 is 11.1. The average Bonchev–Trinajstić information content (AvgIpc) is 3.02. The molecule has 0 saturated carbocycles. The summed E-state index contributed by atoms with van der Waals surface area (Å²) in [5.74, 6) is 1.21. The zero-order valence-electron chi connectivity index (χ0n) is 13.0. The zero-order valence-corrected chi connectivity index (χ0v) is 14.5. The molecule has 1 heterocycles. The predicted molar refractivity (Wildman–Crippen MR) is 95.8 cm³/mol. The van der Waals surface area contributed by atoms with Crippen molar-refractivity contribution in [2.24, 2.45) is 0 Å². The molecule has 3 rings (SSSR count). The van der Waals surface area contributed by atoms with E-state index in [0.29, 0.717) is 34.1 Å². The van der Waals surface area contributed by atoms with Crippen LogP contribution >= 0.6 is 23.2 Å². The molecular weight excluding hydrogens is 361 g/mol. The Bertz CT molecular complexity index is 901. The molecule has 1 aromatic heterocycles. The number of nitrogens with zero attached hydrogens (tertiary/aromatic N) is 2. The molecule has 0 saturated heterocycles. The smallest absolute Gasteiger partial charge is 0.236 e. The van der Waals surface area contributed by atoms with E-state index in [2.05, 4.69) is 10.3 Å². The van der Waals surface area contributed by atoms with Crippen LogP contribution in [0.4, 0.5) is 5.88 Å². The van der Waals surface area contributed by atoms with Crippen molar-refractivity contribution in [3.8, 4) is 11.8 Å². The van der Waals surface area contributed by atoms with E-state index >= 15 is 0 Å². The first-order chi connectivity index (χ1) is 12.1. The minimum atomic E-state index is 0.0949. The third-order valence-electron chi connectivity index (χ3n) is 3.30. The fourth-order valence-electron chi connectivity index (χ4n) is 2.11. The van der Waals surface area contributed by atoms with Crippen LogP contribution in [-0.2, 0) is 13.2 Å². The van der Waals surface area contributed by atoms with Crippen LogP contribution in [0.2, 0.25) is 10.0 Å². The molecule has 1 N–H and O–H groups in total. The summed E-state index contributed by atoms with van der Waals surface area (Å²) in [6.45, 7) is 0.577. The molecule has 7 heteroatoms. The lowest BCUT2D eigenvalue weighted by atomic mass is 10.2. The second-order valence-electron chi connectivity index (χ2n) is 5.12. The Morgan fingerprint density at radius 2 is 1.92 bits per heavy atom. The summed E-state index contributed by atoms with van der Waals surface area (Å²) in [7, 11) is 0. The van der Waals surface area contributed by atoms with Crippen molar-refractivity contribution in [2.75, 3.05) is 5.32 Å². The molecule has 0 bridgehead atoms. The maximum absolute atomic E-state index is 9.20. The standard InChI is InChI=1S/C18H13Cl2N3O2/c19-13-6-4-12(5-7-13)10-22-18-16(9-21)23-17(25-18)11-24-15-3-1-2-14(20)8-15/h1-8,22H,10-11H2. The summed E-state index contributed by atoms with van der Waals surface area (Å²) in [4.78, 5) is 4.12. The fraction of sp³-hybridized carbons (Fsp3) is 0.111. The molecule has 0 amide bonds. The molecule has 0 aliphatic carbocycles. The minimum Gasteiger partial charge on any atom is -0.484 e. The molecule has 0 spiro atoms. The molecule has 0 fully saturated rings. The van der Waals surface area contributed by atoms with Crippen LogP contribution in [0, 0.1) is 11.3 Å². The van der Waals surface area contributed by atoms with Crippen LogP contribution in [0.15, 0.2) is 52.9 Å². The quantitative estimate of drug-likeness (QED) is 0.654. The lowest BCUT2D eigenvalue weighted by molar-refractivity contribution is 0.265. The number of hydrogen-bond donors (Lipinski definition) is 1. The number of halogens is 2. The highest BCUT2D eigenvalue weighted by molar-refractivity contribution is 6.30. The number of nitriles is 1. The van der Waals surface area contributed by atoms with E-state index in [9.17, 15) is 5.26 Å². The van der Waals surface area contributed by atoms with E-state index in [1.165, 1.54) is 0 Å². The summed E-state index contributed by atoms with van der Waals surface area (Å²) in [5, 5.41) is 13.5. The van der Waals surface area contributed by atoms with Gasteiger partial charge in [0, 0.05) is 16.6 Å². The summed E-state index contributed by atoms with van der Waals surface area (Å²) >= 11 is 11.8. The number of aromatic nitrogens is 1. The van der Waals surface area contributed by atoms with E-state index in [1.54, 1.807) is 36.4 Å². The van der Waals surface area contributed by atoms with Crippen molar-refractivity contribution in [1.29, 1.82) is 5.26 Å². The summed E-state index contributed by atoms with van der Waals surface area (Å²) in [6, 6.07) is 16.4. The van der Waals surface area contributed by atoms with Crippen LogP contribution in [0.25, 0.3) is 0 Å². The first kappa shape index (κ1) is 17.2. The Kier molecular flexibility index (Phi) is 5.44. The van der Waals surface area contributed by atoms with Gasteiger partial charge >= 0.3 is 0 Å².